The summed E-state index contributed by atoms with van der Waals surface area (Å²) in [6.45, 7) is 19.8. The number of aromatic nitrogens is 4. The number of aryl methyl sites for hydroxylation is 1. The Hall–Kier alpha value is -4.00. The zero-order valence-electron chi connectivity index (χ0n) is 30.7. The van der Waals surface area contributed by atoms with E-state index in [2.05, 4.69) is 46.7 Å². The fraction of sp³-hybridized carbons (Fsp3) is 0.667. The van der Waals surface area contributed by atoms with Crippen LogP contribution >= 0.6 is 11.3 Å². The first-order chi connectivity index (χ1) is 24.2. The van der Waals surface area contributed by atoms with Crippen LogP contribution in [0.1, 0.15) is 82.7 Å². The number of nitriles is 1. The standard InChI is InChI=1S/C36H50N10O4S/c1-23-19-43(20-35(5)21-48-22-35)11-8-12-46(23)32-39-25(17-27(40-32)44-13-15-45(16-14-44)33(47)49-34(2,3)4)30-41-31(50-42-30)36(6)10-7-9-26-28(36)24(18-37)29(38)51-26/h17,23H,7-16,19-22,38H2,1-6H3/t23-,36-/m0/s1. The Kier molecular flexibility index (Phi) is 9.39. The van der Waals surface area contributed by atoms with Crippen LogP contribution < -0.4 is 15.5 Å². The van der Waals surface area contributed by atoms with E-state index >= 15 is 0 Å². The summed E-state index contributed by atoms with van der Waals surface area (Å²) in [5.74, 6) is 2.20. The lowest BCUT2D eigenvalue weighted by atomic mass is 9.72. The largest absolute Gasteiger partial charge is 0.444 e. The van der Waals surface area contributed by atoms with E-state index in [1.54, 1.807) is 4.90 Å². The number of fused-ring (bicyclic) bond motifs is 1. The highest BCUT2D eigenvalue weighted by atomic mass is 32.1. The molecule has 2 N–H and O–H groups in total. The molecule has 3 aromatic rings. The van der Waals surface area contributed by atoms with Gasteiger partial charge in [0.05, 0.1) is 24.2 Å². The van der Waals surface area contributed by atoms with Crippen LogP contribution in [0.2, 0.25) is 0 Å². The van der Waals surface area contributed by atoms with Crippen molar-refractivity contribution < 1.29 is 18.8 Å². The average Bonchev–Trinajstić information content (AvgIpc) is 3.66. The monoisotopic (exact) mass is 718 g/mol. The molecule has 3 aromatic heterocycles. The molecule has 4 aliphatic rings. The van der Waals surface area contributed by atoms with Gasteiger partial charge in [0.25, 0.3) is 0 Å². The maximum atomic E-state index is 12.8. The minimum Gasteiger partial charge on any atom is -0.444 e. The molecule has 3 aliphatic heterocycles. The van der Waals surface area contributed by atoms with E-state index in [-0.39, 0.29) is 17.6 Å². The van der Waals surface area contributed by atoms with Crippen LogP contribution in [-0.4, -0.2) is 113 Å². The molecule has 274 valence electrons. The predicted octanol–water partition coefficient (Wildman–Crippen LogP) is 4.68. The second kappa shape index (κ2) is 13.5. The first-order valence-corrected chi connectivity index (χ1v) is 18.9. The number of nitrogens with two attached hydrogens (primary N) is 1. The Labute approximate surface area is 303 Å². The van der Waals surface area contributed by atoms with Gasteiger partial charge in [-0.1, -0.05) is 12.1 Å². The first kappa shape index (κ1) is 35.4. The van der Waals surface area contributed by atoms with Gasteiger partial charge in [0.1, 0.15) is 28.2 Å². The molecule has 3 saturated heterocycles. The quantitative estimate of drug-likeness (QED) is 0.374. The van der Waals surface area contributed by atoms with Crippen LogP contribution in [0.3, 0.4) is 0 Å². The fourth-order valence-corrected chi connectivity index (χ4v) is 9.09. The molecule has 0 unspecified atom stereocenters. The lowest BCUT2D eigenvalue weighted by molar-refractivity contribution is -0.114. The molecule has 2 atom stereocenters. The van der Waals surface area contributed by atoms with Crippen molar-refractivity contribution in [1.29, 1.82) is 5.26 Å². The summed E-state index contributed by atoms with van der Waals surface area (Å²) in [5, 5.41) is 15.0. The highest BCUT2D eigenvalue weighted by molar-refractivity contribution is 7.16. The van der Waals surface area contributed by atoms with Gasteiger partial charge in [-0.05, 0) is 66.8 Å². The minimum atomic E-state index is -0.639. The topological polar surface area (TPSA) is 163 Å². The van der Waals surface area contributed by atoms with E-state index in [9.17, 15) is 10.1 Å². The number of anilines is 3. The molecule has 0 bridgehead atoms. The summed E-state index contributed by atoms with van der Waals surface area (Å²) in [5.41, 5.74) is 7.28. The Morgan fingerprint density at radius 1 is 1.12 bits per heavy atom. The zero-order chi connectivity index (χ0) is 36.1. The van der Waals surface area contributed by atoms with Crippen molar-refractivity contribution >= 4 is 34.2 Å². The summed E-state index contributed by atoms with van der Waals surface area (Å²) < 4.78 is 17.2. The SMILES string of the molecule is C[C@H]1CN(CC2(C)COC2)CCCN1c1nc(-c2noc([C@@]3(C)CCCc4sc(N)c(C#N)c43)n2)cc(N2CCN(C(=O)OC(C)(C)C)CC2)n1. The van der Waals surface area contributed by atoms with Gasteiger partial charge in [-0.15, -0.1) is 11.3 Å². The molecule has 15 heteroatoms. The van der Waals surface area contributed by atoms with E-state index in [1.165, 1.54) is 11.3 Å². The maximum Gasteiger partial charge on any atom is 0.410 e. The number of nitrogens with zero attached hydrogens (tertiary/aromatic N) is 9. The van der Waals surface area contributed by atoms with E-state index in [1.807, 2.05) is 26.8 Å². The molecule has 1 amide bonds. The number of hydrogen-bond acceptors (Lipinski definition) is 14. The van der Waals surface area contributed by atoms with Gasteiger partial charge in [-0.3, -0.25) is 0 Å². The van der Waals surface area contributed by atoms with Crippen molar-refractivity contribution in [3.8, 4) is 17.6 Å². The molecule has 51 heavy (non-hydrogen) atoms. The molecule has 0 spiro atoms. The highest BCUT2D eigenvalue weighted by Crippen LogP contribution is 2.48. The van der Waals surface area contributed by atoms with E-state index in [0.717, 1.165) is 81.3 Å². The van der Waals surface area contributed by atoms with E-state index < -0.39 is 11.0 Å². The second-order valence-corrected chi connectivity index (χ2v) is 17.3. The maximum absolute atomic E-state index is 12.8. The molecule has 14 nitrogen and oxygen atoms in total. The van der Waals surface area contributed by atoms with Crippen LogP contribution in [0, 0.1) is 16.7 Å². The molecule has 0 radical (unpaired) electrons. The number of carbonyl (C=O) groups is 1. The smallest absolute Gasteiger partial charge is 0.410 e. The van der Waals surface area contributed by atoms with Gasteiger partial charge < -0.3 is 39.3 Å². The number of piperazine rings is 1. The number of nitrogen functional groups attached to an aromatic ring is 1. The number of carbonyl (C=O) groups excluding carboxylic acids is 1. The van der Waals surface area contributed by atoms with Crippen molar-refractivity contribution in [3.05, 3.63) is 28.0 Å². The molecule has 0 saturated carbocycles. The Bertz CT molecular complexity index is 1800. The first-order valence-electron chi connectivity index (χ1n) is 18.1. The van der Waals surface area contributed by atoms with Crippen molar-refractivity contribution in [3.63, 3.8) is 0 Å². The fourth-order valence-electron chi connectivity index (χ4n) is 7.90. The number of rotatable bonds is 6. The van der Waals surface area contributed by atoms with Gasteiger partial charge in [-0.2, -0.15) is 15.2 Å². The molecule has 7 rings (SSSR count). The summed E-state index contributed by atoms with van der Waals surface area (Å²) in [6, 6.07) is 4.42. The van der Waals surface area contributed by atoms with Crippen LogP contribution in [0.25, 0.3) is 11.5 Å². The van der Waals surface area contributed by atoms with Crippen LogP contribution in [0.4, 0.5) is 21.6 Å². The third-order valence-electron chi connectivity index (χ3n) is 10.5. The van der Waals surface area contributed by atoms with Crippen molar-refractivity contribution in [2.75, 3.05) is 81.1 Å². The summed E-state index contributed by atoms with van der Waals surface area (Å²) in [6.07, 6.45) is 3.25. The Morgan fingerprint density at radius 3 is 2.57 bits per heavy atom. The van der Waals surface area contributed by atoms with Crippen LogP contribution in [-0.2, 0) is 21.3 Å². The van der Waals surface area contributed by atoms with E-state index in [0.29, 0.717) is 60.1 Å². The number of thiophene rings is 1. The highest BCUT2D eigenvalue weighted by Gasteiger charge is 2.43. The third kappa shape index (κ3) is 7.10. The third-order valence-corrected chi connectivity index (χ3v) is 11.6. The van der Waals surface area contributed by atoms with Crippen molar-refractivity contribution in [2.24, 2.45) is 5.41 Å². The Morgan fingerprint density at radius 2 is 1.88 bits per heavy atom. The zero-order valence-corrected chi connectivity index (χ0v) is 31.5. The molecule has 1 aliphatic carbocycles. The number of amides is 1. The molecule has 6 heterocycles. The molecule has 0 aromatic carbocycles. The molecular weight excluding hydrogens is 669 g/mol. The number of hydrogen-bond donors (Lipinski definition) is 1. The van der Waals surface area contributed by atoms with Gasteiger partial charge in [-0.25, -0.2) is 9.78 Å². The van der Waals surface area contributed by atoms with Crippen molar-refractivity contribution in [2.45, 2.75) is 84.3 Å². The van der Waals surface area contributed by atoms with Gasteiger partial charge >= 0.3 is 6.09 Å². The lowest BCUT2D eigenvalue weighted by Gasteiger charge is -2.42. The predicted molar refractivity (Wildman–Crippen MR) is 195 cm³/mol. The minimum absolute atomic E-state index is 0.165. The lowest BCUT2D eigenvalue weighted by Crippen LogP contribution is -2.51. The van der Waals surface area contributed by atoms with Crippen LogP contribution in [0.5, 0.6) is 0 Å². The molecular formula is C36H50N10O4S. The van der Waals surface area contributed by atoms with Crippen LogP contribution in [0.15, 0.2) is 10.6 Å². The summed E-state index contributed by atoms with van der Waals surface area (Å²) >= 11 is 1.48. The normalized spacial score (nSPS) is 24.0. The Balaban J connectivity index is 1.20. The van der Waals surface area contributed by atoms with Gasteiger partial charge in [0.15, 0.2) is 0 Å². The van der Waals surface area contributed by atoms with Gasteiger partial charge in [0, 0.05) is 73.8 Å². The van der Waals surface area contributed by atoms with E-state index in [4.69, 9.17) is 34.7 Å². The van der Waals surface area contributed by atoms with Crippen molar-refractivity contribution in [1.82, 2.24) is 29.9 Å². The number of ether oxygens (including phenoxy) is 2. The summed E-state index contributed by atoms with van der Waals surface area (Å²) in [4.78, 5) is 37.9. The average molecular weight is 719 g/mol. The molecule has 3 fully saturated rings. The second-order valence-electron chi connectivity index (χ2n) is 16.2. The van der Waals surface area contributed by atoms with Gasteiger partial charge in [0.2, 0.25) is 17.7 Å². The summed E-state index contributed by atoms with van der Waals surface area (Å²) in [7, 11) is 0.